The maximum Gasteiger partial charge on any atom is 0.245 e. The van der Waals surface area contributed by atoms with E-state index in [0.717, 1.165) is 31.5 Å². The number of halogens is 1. The summed E-state index contributed by atoms with van der Waals surface area (Å²) in [7, 11) is 0. The molecule has 2 rings (SSSR count). The first-order valence-corrected chi connectivity index (χ1v) is 6.20. The van der Waals surface area contributed by atoms with Gasteiger partial charge in [0.2, 0.25) is 5.91 Å². The number of hydrogen-bond donors (Lipinski definition) is 0. The van der Waals surface area contributed by atoms with Crippen molar-refractivity contribution in [2.75, 3.05) is 13.1 Å². The van der Waals surface area contributed by atoms with Crippen molar-refractivity contribution in [3.05, 3.63) is 35.9 Å². The zero-order chi connectivity index (χ0) is 11.4. The van der Waals surface area contributed by atoms with Crippen LogP contribution in [0.1, 0.15) is 30.2 Å². The average Bonchev–Trinajstić information content (AvgIpc) is 2.39. The molecule has 1 saturated heterocycles. The monoisotopic (exact) mass is 237 g/mol. The summed E-state index contributed by atoms with van der Waals surface area (Å²) in [6.07, 6.45) is 3.43. The van der Waals surface area contributed by atoms with Crippen LogP contribution in [0, 0.1) is 0 Å². The fraction of sp³-hybridized carbons (Fsp3) is 0.462. The molecule has 0 saturated carbocycles. The minimum atomic E-state index is -0.528. The van der Waals surface area contributed by atoms with Gasteiger partial charge in [-0.25, -0.2) is 0 Å². The quantitative estimate of drug-likeness (QED) is 0.725. The first-order valence-electron chi connectivity index (χ1n) is 5.77. The average molecular weight is 238 g/mol. The number of hydrogen-bond acceptors (Lipinski definition) is 1. The van der Waals surface area contributed by atoms with E-state index in [1.54, 1.807) is 0 Å². The van der Waals surface area contributed by atoms with Crippen LogP contribution in [-0.4, -0.2) is 23.9 Å². The highest BCUT2D eigenvalue weighted by Gasteiger charge is 2.24. The lowest BCUT2D eigenvalue weighted by Crippen LogP contribution is -2.37. The highest BCUT2D eigenvalue weighted by Crippen LogP contribution is 2.24. The van der Waals surface area contributed by atoms with Crippen LogP contribution < -0.4 is 0 Å². The summed E-state index contributed by atoms with van der Waals surface area (Å²) in [6, 6.07) is 9.56. The summed E-state index contributed by atoms with van der Waals surface area (Å²) in [4.78, 5) is 14.0. The largest absolute Gasteiger partial charge is 0.341 e. The summed E-state index contributed by atoms with van der Waals surface area (Å²) < 4.78 is 0. The molecule has 0 bridgehead atoms. The predicted molar refractivity (Wildman–Crippen MR) is 65.5 cm³/mol. The second kappa shape index (κ2) is 5.35. The van der Waals surface area contributed by atoms with Gasteiger partial charge in [0.25, 0.3) is 0 Å². The Labute approximate surface area is 101 Å². The van der Waals surface area contributed by atoms with E-state index in [2.05, 4.69) is 0 Å². The molecule has 1 atom stereocenters. The molecule has 2 nitrogen and oxygen atoms in total. The van der Waals surface area contributed by atoms with E-state index in [0.29, 0.717) is 0 Å². The predicted octanol–water partition coefficient (Wildman–Crippen LogP) is 2.98. The van der Waals surface area contributed by atoms with Crippen molar-refractivity contribution < 1.29 is 4.79 Å². The van der Waals surface area contributed by atoms with Gasteiger partial charge < -0.3 is 4.90 Å². The third kappa shape index (κ3) is 2.56. The summed E-state index contributed by atoms with van der Waals surface area (Å²) in [5.74, 6) is 0.0487. The van der Waals surface area contributed by atoms with Crippen molar-refractivity contribution in [3.63, 3.8) is 0 Å². The summed E-state index contributed by atoms with van der Waals surface area (Å²) in [5.41, 5.74) is 0.889. The molecular weight excluding hydrogens is 222 g/mol. The molecule has 0 N–H and O–H groups in total. The molecule has 0 aromatic heterocycles. The van der Waals surface area contributed by atoms with Crippen LogP contribution in [0.4, 0.5) is 0 Å². The third-order valence-electron chi connectivity index (χ3n) is 2.98. The molecule has 3 heteroatoms. The van der Waals surface area contributed by atoms with Crippen LogP contribution in [0.2, 0.25) is 0 Å². The SMILES string of the molecule is O=C(C(Cl)c1ccccc1)N1CCCCC1. The van der Waals surface area contributed by atoms with Crippen LogP contribution in [0.25, 0.3) is 0 Å². The van der Waals surface area contributed by atoms with Gasteiger partial charge in [-0.05, 0) is 24.8 Å². The van der Waals surface area contributed by atoms with Gasteiger partial charge >= 0.3 is 0 Å². The molecule has 16 heavy (non-hydrogen) atoms. The summed E-state index contributed by atoms with van der Waals surface area (Å²) in [6.45, 7) is 1.71. The Balaban J connectivity index is 2.04. The van der Waals surface area contributed by atoms with Crippen molar-refractivity contribution in [3.8, 4) is 0 Å². The van der Waals surface area contributed by atoms with Crippen molar-refractivity contribution in [1.82, 2.24) is 4.90 Å². The Bertz CT molecular complexity index is 346. The lowest BCUT2D eigenvalue weighted by Gasteiger charge is -2.28. The second-order valence-electron chi connectivity index (χ2n) is 4.16. The molecule has 1 aromatic carbocycles. The van der Waals surface area contributed by atoms with E-state index in [1.807, 2.05) is 35.2 Å². The summed E-state index contributed by atoms with van der Waals surface area (Å²) in [5, 5.41) is -0.528. The van der Waals surface area contributed by atoms with Gasteiger partial charge in [0.05, 0.1) is 0 Å². The van der Waals surface area contributed by atoms with E-state index in [1.165, 1.54) is 6.42 Å². The topological polar surface area (TPSA) is 20.3 Å². The van der Waals surface area contributed by atoms with Crippen LogP contribution in [0.5, 0.6) is 0 Å². The Hall–Kier alpha value is -1.02. The molecular formula is C13H16ClNO. The van der Waals surface area contributed by atoms with Crippen molar-refractivity contribution in [2.24, 2.45) is 0 Å². The van der Waals surface area contributed by atoms with E-state index < -0.39 is 5.38 Å². The molecule has 0 spiro atoms. The zero-order valence-corrected chi connectivity index (χ0v) is 9.99. The lowest BCUT2D eigenvalue weighted by atomic mass is 10.1. The molecule has 1 aromatic rings. The Morgan fingerprint density at radius 3 is 2.38 bits per heavy atom. The Morgan fingerprint density at radius 1 is 1.12 bits per heavy atom. The number of benzene rings is 1. The second-order valence-corrected chi connectivity index (χ2v) is 4.60. The van der Waals surface area contributed by atoms with Crippen molar-refractivity contribution >= 4 is 17.5 Å². The highest BCUT2D eigenvalue weighted by molar-refractivity contribution is 6.30. The van der Waals surface area contributed by atoms with Crippen LogP contribution >= 0.6 is 11.6 Å². The summed E-state index contributed by atoms with van der Waals surface area (Å²) >= 11 is 6.20. The molecule has 86 valence electrons. The van der Waals surface area contributed by atoms with Gasteiger partial charge in [-0.15, -0.1) is 11.6 Å². The van der Waals surface area contributed by atoms with Gasteiger partial charge in [-0.3, -0.25) is 4.79 Å². The molecule has 1 heterocycles. The van der Waals surface area contributed by atoms with Gasteiger partial charge in [0.1, 0.15) is 5.38 Å². The van der Waals surface area contributed by atoms with Gasteiger partial charge in [-0.2, -0.15) is 0 Å². The van der Waals surface area contributed by atoms with E-state index in [9.17, 15) is 4.79 Å². The number of alkyl halides is 1. The smallest absolute Gasteiger partial charge is 0.245 e. The third-order valence-corrected chi connectivity index (χ3v) is 3.42. The number of likely N-dealkylation sites (tertiary alicyclic amines) is 1. The fourth-order valence-corrected chi connectivity index (χ4v) is 2.32. The molecule has 1 aliphatic heterocycles. The van der Waals surface area contributed by atoms with Crippen LogP contribution in [-0.2, 0) is 4.79 Å². The maximum absolute atomic E-state index is 12.1. The lowest BCUT2D eigenvalue weighted by molar-refractivity contribution is -0.131. The fourth-order valence-electron chi connectivity index (χ4n) is 2.04. The number of nitrogens with zero attached hydrogens (tertiary/aromatic N) is 1. The highest BCUT2D eigenvalue weighted by atomic mass is 35.5. The van der Waals surface area contributed by atoms with Crippen LogP contribution in [0.15, 0.2) is 30.3 Å². The number of carbonyl (C=O) groups excluding carboxylic acids is 1. The zero-order valence-electron chi connectivity index (χ0n) is 9.23. The molecule has 1 aliphatic rings. The molecule has 0 aliphatic carbocycles. The number of amides is 1. The number of rotatable bonds is 2. The number of carbonyl (C=O) groups is 1. The Kier molecular flexibility index (Phi) is 3.83. The normalized spacial score (nSPS) is 18.2. The van der Waals surface area contributed by atoms with Gasteiger partial charge in [0.15, 0.2) is 0 Å². The van der Waals surface area contributed by atoms with E-state index in [-0.39, 0.29) is 5.91 Å². The number of piperidine rings is 1. The maximum atomic E-state index is 12.1. The molecule has 0 radical (unpaired) electrons. The van der Waals surface area contributed by atoms with Crippen molar-refractivity contribution in [1.29, 1.82) is 0 Å². The molecule has 1 amide bonds. The van der Waals surface area contributed by atoms with E-state index >= 15 is 0 Å². The van der Waals surface area contributed by atoms with Gasteiger partial charge in [0, 0.05) is 13.1 Å². The minimum absolute atomic E-state index is 0.0487. The molecule has 1 unspecified atom stereocenters. The minimum Gasteiger partial charge on any atom is -0.341 e. The van der Waals surface area contributed by atoms with Gasteiger partial charge in [-0.1, -0.05) is 30.3 Å². The van der Waals surface area contributed by atoms with Crippen LogP contribution in [0.3, 0.4) is 0 Å². The van der Waals surface area contributed by atoms with Crippen molar-refractivity contribution in [2.45, 2.75) is 24.6 Å². The first kappa shape index (κ1) is 11.5. The Morgan fingerprint density at radius 2 is 1.75 bits per heavy atom. The first-order chi connectivity index (χ1) is 7.79. The molecule has 1 fully saturated rings. The standard InChI is InChI=1S/C13H16ClNO/c14-12(11-7-3-1-4-8-11)13(16)15-9-5-2-6-10-15/h1,3-4,7-8,12H,2,5-6,9-10H2. The van der Waals surface area contributed by atoms with E-state index in [4.69, 9.17) is 11.6 Å².